The molecule has 0 amide bonds. The minimum Gasteiger partial charge on any atom is -0.463 e. The first-order valence-electron chi connectivity index (χ1n) is 11.1. The van der Waals surface area contributed by atoms with E-state index in [0.29, 0.717) is 19.6 Å². The Labute approximate surface area is 172 Å². The number of allylic oxidation sites excluding steroid dienone is 1. The Morgan fingerprint density at radius 2 is 1.61 bits per heavy atom. The zero-order chi connectivity index (χ0) is 20.9. The van der Waals surface area contributed by atoms with Gasteiger partial charge in [0.25, 0.3) is 0 Å². The zero-order valence-corrected chi connectivity index (χ0v) is 18.4. The van der Waals surface area contributed by atoms with Crippen molar-refractivity contribution >= 4 is 11.9 Å². The van der Waals surface area contributed by atoms with Gasteiger partial charge in [0.1, 0.15) is 12.7 Å². The molecule has 0 heterocycles. The molecule has 0 aromatic carbocycles. The van der Waals surface area contributed by atoms with Gasteiger partial charge >= 0.3 is 11.9 Å². The molecule has 0 aromatic rings. The number of hydrogen-bond donors (Lipinski definition) is 0. The number of esters is 2. The van der Waals surface area contributed by atoms with Crippen molar-refractivity contribution in [3.63, 3.8) is 0 Å². The van der Waals surface area contributed by atoms with E-state index in [1.54, 1.807) is 7.11 Å². The Kier molecular flexibility index (Phi) is 19.4. The molecule has 5 heteroatoms. The largest absolute Gasteiger partial charge is 0.463 e. The highest BCUT2D eigenvalue weighted by Gasteiger charge is 2.09. The number of carbonyl (C=O) groups is 2. The van der Waals surface area contributed by atoms with Crippen LogP contribution in [0.3, 0.4) is 0 Å². The van der Waals surface area contributed by atoms with Gasteiger partial charge in [-0.3, -0.25) is 9.59 Å². The highest BCUT2D eigenvalue weighted by atomic mass is 16.6. The SMILES string of the molecule is CCCCCCC(C/C=C\CCCCCCCC(=O)OCCOC)OC(C)=O. The maximum Gasteiger partial charge on any atom is 0.305 e. The van der Waals surface area contributed by atoms with Gasteiger partial charge < -0.3 is 14.2 Å². The second-order valence-corrected chi connectivity index (χ2v) is 7.31. The van der Waals surface area contributed by atoms with Crippen molar-refractivity contribution in [1.82, 2.24) is 0 Å². The lowest BCUT2D eigenvalue weighted by Gasteiger charge is -2.15. The predicted octanol–water partition coefficient (Wildman–Crippen LogP) is 5.76. The second-order valence-electron chi connectivity index (χ2n) is 7.31. The zero-order valence-electron chi connectivity index (χ0n) is 18.4. The van der Waals surface area contributed by atoms with Crippen LogP contribution in [0.1, 0.15) is 97.3 Å². The Balaban J connectivity index is 3.64. The Morgan fingerprint density at radius 3 is 2.32 bits per heavy atom. The monoisotopic (exact) mass is 398 g/mol. The molecule has 0 spiro atoms. The van der Waals surface area contributed by atoms with Gasteiger partial charge in [0.05, 0.1) is 6.61 Å². The van der Waals surface area contributed by atoms with Gasteiger partial charge in [0, 0.05) is 26.9 Å². The first-order chi connectivity index (χ1) is 13.6. The third kappa shape index (κ3) is 19.4. The number of unbranched alkanes of at least 4 members (excludes halogenated alkanes) is 8. The molecule has 164 valence electrons. The van der Waals surface area contributed by atoms with Crippen molar-refractivity contribution in [2.24, 2.45) is 0 Å². The molecule has 0 aliphatic carbocycles. The predicted molar refractivity (Wildman–Crippen MR) is 113 cm³/mol. The number of hydrogen-bond acceptors (Lipinski definition) is 5. The minimum atomic E-state index is -0.184. The standard InChI is InChI=1S/C23H42O5/c1-4-5-6-13-16-22(28-21(2)24)17-14-11-9-7-8-10-12-15-18-23(25)27-20-19-26-3/h11,14,22H,4-10,12-13,15-20H2,1-3H3/b14-11-. The molecule has 0 fully saturated rings. The van der Waals surface area contributed by atoms with Crippen molar-refractivity contribution in [2.75, 3.05) is 20.3 Å². The molecule has 0 aliphatic heterocycles. The van der Waals surface area contributed by atoms with Crippen molar-refractivity contribution < 1.29 is 23.8 Å². The molecule has 28 heavy (non-hydrogen) atoms. The molecule has 0 rings (SSSR count). The van der Waals surface area contributed by atoms with Gasteiger partial charge in [-0.15, -0.1) is 0 Å². The summed E-state index contributed by atoms with van der Waals surface area (Å²) in [5.41, 5.74) is 0. The van der Waals surface area contributed by atoms with Crippen LogP contribution < -0.4 is 0 Å². The molecule has 5 nitrogen and oxygen atoms in total. The van der Waals surface area contributed by atoms with Gasteiger partial charge in [-0.1, -0.05) is 57.6 Å². The lowest BCUT2D eigenvalue weighted by Crippen LogP contribution is -2.15. The quantitative estimate of drug-likeness (QED) is 0.157. The van der Waals surface area contributed by atoms with E-state index >= 15 is 0 Å². The smallest absolute Gasteiger partial charge is 0.305 e. The molecule has 0 bridgehead atoms. The third-order valence-electron chi connectivity index (χ3n) is 4.58. The first-order valence-corrected chi connectivity index (χ1v) is 11.1. The number of methoxy groups -OCH3 is 1. The average Bonchev–Trinajstić information content (AvgIpc) is 2.66. The maximum absolute atomic E-state index is 11.4. The number of carbonyl (C=O) groups excluding carboxylic acids is 2. The summed E-state index contributed by atoms with van der Waals surface area (Å²) in [5.74, 6) is -0.312. The summed E-state index contributed by atoms with van der Waals surface area (Å²) in [6, 6.07) is 0. The summed E-state index contributed by atoms with van der Waals surface area (Å²) in [7, 11) is 1.59. The van der Waals surface area contributed by atoms with E-state index in [1.165, 1.54) is 32.6 Å². The summed E-state index contributed by atoms with van der Waals surface area (Å²) >= 11 is 0. The van der Waals surface area contributed by atoms with Gasteiger partial charge in [0.2, 0.25) is 0 Å². The molecule has 1 unspecified atom stereocenters. The Bertz CT molecular complexity index is 406. The molecule has 0 saturated heterocycles. The lowest BCUT2D eigenvalue weighted by atomic mass is 10.1. The van der Waals surface area contributed by atoms with Crippen LogP contribution >= 0.6 is 0 Å². The maximum atomic E-state index is 11.4. The normalized spacial score (nSPS) is 12.2. The summed E-state index contributed by atoms with van der Waals surface area (Å²) in [6.45, 7) is 4.49. The van der Waals surface area contributed by atoms with E-state index in [4.69, 9.17) is 14.2 Å². The first kappa shape index (κ1) is 26.6. The van der Waals surface area contributed by atoms with Crippen molar-refractivity contribution in [2.45, 2.75) is 103 Å². The number of ether oxygens (including phenoxy) is 3. The fourth-order valence-corrected chi connectivity index (χ4v) is 3.00. The van der Waals surface area contributed by atoms with Crippen LogP contribution in [0.4, 0.5) is 0 Å². The average molecular weight is 399 g/mol. The van der Waals surface area contributed by atoms with E-state index in [0.717, 1.165) is 51.4 Å². The summed E-state index contributed by atoms with van der Waals surface area (Å²) in [6.07, 6.45) is 17.9. The van der Waals surface area contributed by atoms with Crippen LogP contribution in [0.5, 0.6) is 0 Å². The molecule has 0 radical (unpaired) electrons. The second kappa shape index (κ2) is 20.4. The fourth-order valence-electron chi connectivity index (χ4n) is 3.00. The summed E-state index contributed by atoms with van der Waals surface area (Å²) < 4.78 is 15.3. The van der Waals surface area contributed by atoms with E-state index in [9.17, 15) is 9.59 Å². The van der Waals surface area contributed by atoms with E-state index in [2.05, 4.69) is 19.1 Å². The highest BCUT2D eigenvalue weighted by molar-refractivity contribution is 5.69. The molecule has 0 aliphatic rings. The van der Waals surface area contributed by atoms with Crippen molar-refractivity contribution in [3.8, 4) is 0 Å². The molecule has 0 N–H and O–H groups in total. The highest BCUT2D eigenvalue weighted by Crippen LogP contribution is 2.13. The Hall–Kier alpha value is -1.36. The summed E-state index contributed by atoms with van der Waals surface area (Å²) in [4.78, 5) is 22.7. The minimum absolute atomic E-state index is 0.0225. The molecule has 1 atom stereocenters. The lowest BCUT2D eigenvalue weighted by molar-refractivity contribution is -0.147. The van der Waals surface area contributed by atoms with Crippen LogP contribution in [-0.4, -0.2) is 38.4 Å². The van der Waals surface area contributed by atoms with Crippen LogP contribution in [0, 0.1) is 0 Å². The van der Waals surface area contributed by atoms with Crippen molar-refractivity contribution in [3.05, 3.63) is 12.2 Å². The Morgan fingerprint density at radius 1 is 0.893 bits per heavy atom. The third-order valence-corrected chi connectivity index (χ3v) is 4.58. The summed E-state index contributed by atoms with van der Waals surface area (Å²) in [5, 5.41) is 0. The van der Waals surface area contributed by atoms with Gasteiger partial charge in [-0.05, 0) is 32.1 Å². The van der Waals surface area contributed by atoms with Crippen LogP contribution in [0.25, 0.3) is 0 Å². The van der Waals surface area contributed by atoms with Gasteiger partial charge in [0.15, 0.2) is 0 Å². The van der Waals surface area contributed by atoms with E-state index in [-0.39, 0.29) is 18.0 Å². The number of rotatable bonds is 19. The fraction of sp³-hybridized carbons (Fsp3) is 0.826. The molecular weight excluding hydrogens is 356 g/mol. The van der Waals surface area contributed by atoms with E-state index in [1.807, 2.05) is 0 Å². The molecule has 0 saturated carbocycles. The van der Waals surface area contributed by atoms with E-state index < -0.39 is 0 Å². The molecular formula is C23H42O5. The van der Waals surface area contributed by atoms with Crippen LogP contribution in [0.15, 0.2) is 12.2 Å². The molecule has 0 aromatic heterocycles. The van der Waals surface area contributed by atoms with Gasteiger partial charge in [-0.2, -0.15) is 0 Å². The topological polar surface area (TPSA) is 61.8 Å². The van der Waals surface area contributed by atoms with Crippen LogP contribution in [-0.2, 0) is 23.8 Å². The van der Waals surface area contributed by atoms with Crippen LogP contribution in [0.2, 0.25) is 0 Å². The van der Waals surface area contributed by atoms with Gasteiger partial charge in [-0.25, -0.2) is 0 Å². The van der Waals surface area contributed by atoms with Crippen molar-refractivity contribution in [1.29, 1.82) is 0 Å².